The number of ether oxygens (including phenoxy) is 1. The van der Waals surface area contributed by atoms with Gasteiger partial charge in [-0.3, -0.25) is 4.79 Å². The van der Waals surface area contributed by atoms with Crippen LogP contribution in [0.1, 0.15) is 38.5 Å². The van der Waals surface area contributed by atoms with E-state index in [0.29, 0.717) is 18.4 Å². The molecule has 23 heavy (non-hydrogen) atoms. The summed E-state index contributed by atoms with van der Waals surface area (Å²) in [6.07, 6.45) is 6.50. The highest BCUT2D eigenvalue weighted by atomic mass is 16.5. The van der Waals surface area contributed by atoms with Crippen LogP contribution in [0.25, 0.3) is 0 Å². The Kier molecular flexibility index (Phi) is 5.21. The summed E-state index contributed by atoms with van der Waals surface area (Å²) in [6, 6.07) is 8.27. The van der Waals surface area contributed by atoms with Gasteiger partial charge in [0, 0.05) is 33.7 Å². The van der Waals surface area contributed by atoms with Gasteiger partial charge in [-0.05, 0) is 43.7 Å². The minimum atomic E-state index is 0.273. The van der Waals surface area contributed by atoms with Gasteiger partial charge in [0.2, 0.25) is 5.91 Å². The maximum Gasteiger partial charge on any atom is 0.227 e. The van der Waals surface area contributed by atoms with E-state index in [1.807, 2.05) is 17.0 Å². The molecule has 0 radical (unpaired) electrons. The summed E-state index contributed by atoms with van der Waals surface area (Å²) in [7, 11) is 3.90. The first kappa shape index (κ1) is 16.3. The third-order valence-electron chi connectivity index (χ3n) is 5.29. The van der Waals surface area contributed by atoms with Crippen molar-refractivity contribution in [1.29, 1.82) is 0 Å². The molecule has 0 spiro atoms. The van der Waals surface area contributed by atoms with E-state index in [-0.39, 0.29) is 5.91 Å². The molecule has 2 unspecified atom stereocenters. The van der Waals surface area contributed by atoms with Crippen LogP contribution >= 0.6 is 0 Å². The number of benzene rings is 1. The molecule has 1 heterocycles. The fourth-order valence-electron chi connectivity index (χ4n) is 3.98. The molecule has 1 saturated carbocycles. The van der Waals surface area contributed by atoms with Gasteiger partial charge in [0.05, 0.1) is 17.5 Å². The van der Waals surface area contributed by atoms with Crippen LogP contribution in [0.3, 0.4) is 0 Å². The van der Waals surface area contributed by atoms with E-state index in [1.165, 1.54) is 6.42 Å². The van der Waals surface area contributed by atoms with E-state index >= 15 is 0 Å². The molecule has 3 rings (SSSR count). The van der Waals surface area contributed by atoms with E-state index in [0.717, 1.165) is 50.1 Å². The Hall–Kier alpha value is -1.55. The molecule has 0 saturated heterocycles. The molecule has 2 atom stereocenters. The summed E-state index contributed by atoms with van der Waals surface area (Å²) in [5.74, 6) is 0.740. The third-order valence-corrected chi connectivity index (χ3v) is 5.29. The Bertz CT molecular complexity index is 546. The standard InChI is InChI=1S/C19H28N2O2/c1-20-11-6-12-21(18-10-4-3-9-17(18)20)19(22)14-15-7-5-8-16(13-15)23-2/h3-4,9-10,15-16H,5-8,11-14H2,1-2H3. The van der Waals surface area contributed by atoms with E-state index < -0.39 is 0 Å². The number of carbonyl (C=O) groups is 1. The SMILES string of the molecule is COC1CCCC(CC(=O)N2CCCN(C)c3ccccc32)C1. The summed E-state index contributed by atoms with van der Waals surface area (Å²) >= 11 is 0. The van der Waals surface area contributed by atoms with Crippen molar-refractivity contribution < 1.29 is 9.53 Å². The summed E-state index contributed by atoms with van der Waals surface area (Å²) in [4.78, 5) is 17.2. The molecule has 1 amide bonds. The topological polar surface area (TPSA) is 32.8 Å². The van der Waals surface area contributed by atoms with E-state index in [2.05, 4.69) is 24.1 Å². The Morgan fingerprint density at radius 2 is 1.96 bits per heavy atom. The van der Waals surface area contributed by atoms with Gasteiger partial charge in [0.25, 0.3) is 0 Å². The van der Waals surface area contributed by atoms with Gasteiger partial charge >= 0.3 is 0 Å². The lowest BCUT2D eigenvalue weighted by atomic mass is 9.84. The van der Waals surface area contributed by atoms with Crippen molar-refractivity contribution >= 4 is 17.3 Å². The molecule has 1 aromatic carbocycles. The molecule has 0 bridgehead atoms. The first-order valence-electron chi connectivity index (χ1n) is 8.82. The number of hydrogen-bond acceptors (Lipinski definition) is 3. The Balaban J connectivity index is 1.73. The second-order valence-corrected chi connectivity index (χ2v) is 6.90. The first-order chi connectivity index (χ1) is 11.2. The summed E-state index contributed by atoms with van der Waals surface area (Å²) < 4.78 is 5.51. The zero-order chi connectivity index (χ0) is 16.2. The van der Waals surface area contributed by atoms with Crippen LogP contribution < -0.4 is 9.80 Å². The van der Waals surface area contributed by atoms with Crippen molar-refractivity contribution in [2.24, 2.45) is 5.92 Å². The quantitative estimate of drug-likeness (QED) is 0.856. The molecule has 2 aliphatic rings. The van der Waals surface area contributed by atoms with Crippen LogP contribution in [0.4, 0.5) is 11.4 Å². The monoisotopic (exact) mass is 316 g/mol. The smallest absolute Gasteiger partial charge is 0.227 e. The van der Waals surface area contributed by atoms with Gasteiger partial charge < -0.3 is 14.5 Å². The third kappa shape index (κ3) is 3.69. The maximum absolute atomic E-state index is 13.0. The van der Waals surface area contributed by atoms with Gasteiger partial charge in [-0.2, -0.15) is 0 Å². The first-order valence-corrected chi connectivity index (χ1v) is 8.82. The zero-order valence-electron chi connectivity index (χ0n) is 14.3. The number of methoxy groups -OCH3 is 1. The van der Waals surface area contributed by atoms with Crippen LogP contribution in [0.2, 0.25) is 0 Å². The van der Waals surface area contributed by atoms with Gasteiger partial charge in [-0.15, -0.1) is 0 Å². The Morgan fingerprint density at radius 3 is 2.74 bits per heavy atom. The lowest BCUT2D eigenvalue weighted by Crippen LogP contribution is -2.34. The van der Waals surface area contributed by atoms with Crippen molar-refractivity contribution in [3.63, 3.8) is 0 Å². The molecule has 4 nitrogen and oxygen atoms in total. The average Bonchev–Trinajstić information content (AvgIpc) is 2.74. The van der Waals surface area contributed by atoms with Crippen LogP contribution in [0.15, 0.2) is 24.3 Å². The fourth-order valence-corrected chi connectivity index (χ4v) is 3.98. The highest BCUT2D eigenvalue weighted by molar-refractivity contribution is 5.97. The number of rotatable bonds is 3. The van der Waals surface area contributed by atoms with Gasteiger partial charge in [0.15, 0.2) is 0 Å². The van der Waals surface area contributed by atoms with Crippen LogP contribution in [0, 0.1) is 5.92 Å². The number of hydrogen-bond donors (Lipinski definition) is 0. The molecule has 126 valence electrons. The van der Waals surface area contributed by atoms with Crippen molar-refractivity contribution in [2.45, 2.75) is 44.6 Å². The van der Waals surface area contributed by atoms with E-state index in [4.69, 9.17) is 4.74 Å². The molecule has 1 aliphatic heterocycles. The highest BCUT2D eigenvalue weighted by Gasteiger charge is 2.28. The molecule has 1 aromatic rings. The summed E-state index contributed by atoms with van der Waals surface area (Å²) in [5, 5.41) is 0. The van der Waals surface area contributed by atoms with Crippen LogP contribution in [-0.4, -0.2) is 39.3 Å². The number of carbonyl (C=O) groups excluding carboxylic acids is 1. The van der Waals surface area contributed by atoms with Crippen molar-refractivity contribution in [3.05, 3.63) is 24.3 Å². The molecule has 0 N–H and O–H groups in total. The Labute approximate surface area is 139 Å². The molecular weight excluding hydrogens is 288 g/mol. The van der Waals surface area contributed by atoms with E-state index in [1.54, 1.807) is 7.11 Å². The number of fused-ring (bicyclic) bond motifs is 1. The molecular formula is C19H28N2O2. The zero-order valence-corrected chi connectivity index (χ0v) is 14.3. The number of para-hydroxylation sites is 2. The number of amides is 1. The molecule has 4 heteroatoms. The fraction of sp³-hybridized carbons (Fsp3) is 0.632. The Morgan fingerprint density at radius 1 is 1.17 bits per heavy atom. The minimum Gasteiger partial charge on any atom is -0.381 e. The predicted molar refractivity (Wildman–Crippen MR) is 94.1 cm³/mol. The second-order valence-electron chi connectivity index (χ2n) is 6.90. The van der Waals surface area contributed by atoms with Crippen molar-refractivity contribution in [1.82, 2.24) is 0 Å². The molecule has 0 aromatic heterocycles. The predicted octanol–water partition coefficient (Wildman–Crippen LogP) is 3.45. The van der Waals surface area contributed by atoms with Crippen LogP contribution in [-0.2, 0) is 9.53 Å². The summed E-state index contributed by atoms with van der Waals surface area (Å²) in [6.45, 7) is 1.82. The van der Waals surface area contributed by atoms with E-state index in [9.17, 15) is 4.79 Å². The van der Waals surface area contributed by atoms with Crippen molar-refractivity contribution in [3.8, 4) is 0 Å². The van der Waals surface area contributed by atoms with Gasteiger partial charge in [-0.1, -0.05) is 18.6 Å². The van der Waals surface area contributed by atoms with Gasteiger partial charge in [-0.25, -0.2) is 0 Å². The molecule has 1 fully saturated rings. The lowest BCUT2D eigenvalue weighted by molar-refractivity contribution is -0.120. The number of nitrogens with zero attached hydrogens (tertiary/aromatic N) is 2. The maximum atomic E-state index is 13.0. The lowest BCUT2D eigenvalue weighted by Gasteiger charge is -2.30. The van der Waals surface area contributed by atoms with Crippen molar-refractivity contribution in [2.75, 3.05) is 37.0 Å². The normalized spacial score (nSPS) is 25.0. The summed E-state index contributed by atoms with van der Waals surface area (Å²) in [5.41, 5.74) is 2.23. The number of anilines is 2. The van der Waals surface area contributed by atoms with Gasteiger partial charge in [0.1, 0.15) is 0 Å². The van der Waals surface area contributed by atoms with Crippen LogP contribution in [0.5, 0.6) is 0 Å². The largest absolute Gasteiger partial charge is 0.381 e. The second kappa shape index (κ2) is 7.35. The highest BCUT2D eigenvalue weighted by Crippen LogP contribution is 2.34. The average molecular weight is 316 g/mol. The molecule has 1 aliphatic carbocycles. The minimum absolute atomic E-state index is 0.273.